The van der Waals surface area contributed by atoms with E-state index in [1.54, 1.807) is 34.5 Å². The molecular formula is C55H66Cl2SiZr-2. The number of hydrogen-bond donors (Lipinski definition) is 0. The van der Waals surface area contributed by atoms with E-state index in [0.29, 0.717) is 5.41 Å². The van der Waals surface area contributed by atoms with Crippen molar-refractivity contribution in [3.05, 3.63) is 131 Å². The second-order valence-electron chi connectivity index (χ2n) is 20.2. The van der Waals surface area contributed by atoms with Gasteiger partial charge < -0.3 is 24.8 Å². The molecule has 0 aliphatic heterocycles. The summed E-state index contributed by atoms with van der Waals surface area (Å²) in [5.41, 5.74) is 12.4. The van der Waals surface area contributed by atoms with E-state index in [-0.39, 0.29) is 35.7 Å². The third-order valence-electron chi connectivity index (χ3n) is 14.4. The van der Waals surface area contributed by atoms with E-state index >= 15 is 0 Å². The SMILES string of the molecule is CC1CCC(c2cc3c(-c4ccc(C(C)(C)C)cc4)cccc3[cH-]2)CC1.CCc1cc2c(-c3ccc(C45CC6CC(CC(C6)C4)C5)cc3)cccc2[cH-]1.C[Si](C)=[Zr+2].[Cl-].[Cl-]. The predicted octanol–water partition coefficient (Wildman–Crippen LogP) is 9.87. The van der Waals surface area contributed by atoms with Crippen LogP contribution in [-0.2, 0) is 40.6 Å². The molecule has 5 aliphatic carbocycles. The Labute approximate surface area is 384 Å². The quantitative estimate of drug-likeness (QED) is 0.119. The zero-order valence-corrected chi connectivity index (χ0v) is 41.8. The summed E-state index contributed by atoms with van der Waals surface area (Å²) >= 11 is 1.74. The van der Waals surface area contributed by atoms with Crippen molar-refractivity contribution in [3.63, 3.8) is 0 Å². The molecule has 5 saturated carbocycles. The Bertz CT molecular complexity index is 2270. The molecule has 0 aromatic heterocycles. The number of fused-ring (bicyclic) bond motifs is 2. The fourth-order valence-electron chi connectivity index (χ4n) is 11.7. The first-order valence-electron chi connectivity index (χ1n) is 22.5. The van der Waals surface area contributed by atoms with Crippen LogP contribution in [0.25, 0.3) is 43.8 Å². The molecule has 0 N–H and O–H groups in total. The second-order valence-corrected chi connectivity index (χ2v) is 29.6. The van der Waals surface area contributed by atoms with Gasteiger partial charge in [-0.05, 0) is 120 Å². The van der Waals surface area contributed by atoms with Crippen molar-refractivity contribution in [1.29, 1.82) is 0 Å². The number of halogens is 2. The van der Waals surface area contributed by atoms with Crippen molar-refractivity contribution >= 4 is 27.0 Å². The molecule has 0 heterocycles. The maximum atomic E-state index is 2.48. The molecule has 0 spiro atoms. The molecule has 11 rings (SSSR count). The van der Waals surface area contributed by atoms with Crippen LogP contribution in [-0.4, -0.2) is 5.43 Å². The minimum absolute atomic E-state index is 0. The Morgan fingerprint density at radius 2 is 1.14 bits per heavy atom. The molecule has 4 bridgehead atoms. The van der Waals surface area contributed by atoms with Crippen molar-refractivity contribution < 1.29 is 48.1 Å². The van der Waals surface area contributed by atoms with Crippen LogP contribution in [0.15, 0.2) is 109 Å². The summed E-state index contributed by atoms with van der Waals surface area (Å²) in [7, 11) is 0. The van der Waals surface area contributed by atoms with Crippen molar-refractivity contribution in [2.45, 2.75) is 135 Å². The smallest absolute Gasteiger partial charge is 1.00 e. The van der Waals surface area contributed by atoms with Gasteiger partial charge in [0.1, 0.15) is 0 Å². The molecule has 6 aromatic rings. The van der Waals surface area contributed by atoms with E-state index in [1.807, 2.05) is 0 Å². The summed E-state index contributed by atoms with van der Waals surface area (Å²) in [4.78, 5) is 0. The zero-order chi connectivity index (χ0) is 39.9. The van der Waals surface area contributed by atoms with E-state index < -0.39 is 0 Å². The van der Waals surface area contributed by atoms with Gasteiger partial charge >= 0.3 is 41.9 Å². The van der Waals surface area contributed by atoms with Gasteiger partial charge in [0.2, 0.25) is 0 Å². The van der Waals surface area contributed by atoms with Gasteiger partial charge in [-0.3, -0.25) is 0 Å². The van der Waals surface area contributed by atoms with Crippen molar-refractivity contribution in [3.8, 4) is 22.3 Å². The number of aryl methyl sites for hydroxylation is 1. The average molecular weight is 917 g/mol. The predicted molar refractivity (Wildman–Crippen MR) is 246 cm³/mol. The van der Waals surface area contributed by atoms with Crippen LogP contribution >= 0.6 is 0 Å². The number of benzene rings is 4. The van der Waals surface area contributed by atoms with Gasteiger partial charge in [0, 0.05) is 0 Å². The number of rotatable bonds is 5. The Kier molecular flexibility index (Phi) is 15.3. The van der Waals surface area contributed by atoms with Crippen LogP contribution in [0.3, 0.4) is 0 Å². The average Bonchev–Trinajstić information content (AvgIpc) is 3.82. The largest absolute Gasteiger partial charge is 1.00 e. The Morgan fingerprint density at radius 1 is 0.661 bits per heavy atom. The first-order valence-corrected chi connectivity index (χ1v) is 28.7. The van der Waals surface area contributed by atoms with E-state index in [2.05, 4.69) is 157 Å². The summed E-state index contributed by atoms with van der Waals surface area (Å²) in [6.07, 6.45) is 15.5. The minimum atomic E-state index is 0. The first kappa shape index (κ1) is 46.3. The molecule has 0 nitrogen and oxygen atoms in total. The van der Waals surface area contributed by atoms with E-state index in [4.69, 9.17) is 0 Å². The Morgan fingerprint density at radius 3 is 1.63 bits per heavy atom. The molecule has 310 valence electrons. The normalized spacial score (nSPS) is 24.3. The minimum Gasteiger partial charge on any atom is -1.00 e. The molecule has 59 heavy (non-hydrogen) atoms. The van der Waals surface area contributed by atoms with Crippen LogP contribution in [0.5, 0.6) is 0 Å². The fraction of sp³-hybridized carbons (Fsp3) is 0.455. The summed E-state index contributed by atoms with van der Waals surface area (Å²) in [5.74, 6) is 4.71. The molecule has 6 aromatic carbocycles. The molecular weight excluding hydrogens is 851 g/mol. The van der Waals surface area contributed by atoms with Crippen molar-refractivity contribution in [2.75, 3.05) is 0 Å². The van der Waals surface area contributed by atoms with E-state index in [1.165, 1.54) is 119 Å². The van der Waals surface area contributed by atoms with Crippen LogP contribution in [0, 0.1) is 23.7 Å². The van der Waals surface area contributed by atoms with E-state index in [9.17, 15) is 0 Å². The molecule has 0 unspecified atom stereocenters. The van der Waals surface area contributed by atoms with Gasteiger partial charge in [0.05, 0.1) is 0 Å². The van der Waals surface area contributed by atoms with Crippen LogP contribution in [0.1, 0.15) is 127 Å². The topological polar surface area (TPSA) is 0 Å². The van der Waals surface area contributed by atoms with Gasteiger partial charge in [-0.1, -0.05) is 119 Å². The standard InChI is InChI=1S/C27H29.C26H31.C2H6Si.2ClH.Zr/c1-2-18-13-23-4-3-5-25(26(23)14-18)22-6-8-24(9-7-22)27-15-19-10-20(16-27)12-21(11-19)17-27;1-18-8-10-19(11-9-18)22-16-21-6-5-7-24(25(21)17-22)20-12-14-23(15-13-20)26(2,3)4;1-3-2;;;/h3-9,13-14,19-21H,2,10-12,15-17H2,1H3;5-7,12-19H,8-11H2,1-4H3;1-2H3;2*1H;/q2*-1;;;;+2/p-2. The van der Waals surface area contributed by atoms with Gasteiger partial charge in [-0.25, -0.2) is 0 Å². The van der Waals surface area contributed by atoms with Crippen LogP contribution in [0.2, 0.25) is 13.1 Å². The summed E-state index contributed by atoms with van der Waals surface area (Å²) < 4.78 is 0. The summed E-state index contributed by atoms with van der Waals surface area (Å²) in [6.45, 7) is 16.1. The van der Waals surface area contributed by atoms with Crippen LogP contribution < -0.4 is 24.8 Å². The fourth-order valence-corrected chi connectivity index (χ4v) is 11.7. The molecule has 5 aliphatic rings. The zero-order valence-electron chi connectivity index (χ0n) is 36.8. The summed E-state index contributed by atoms with van der Waals surface area (Å²) in [5, 5.41) is 5.62. The maximum Gasteiger partial charge on any atom is -1.00 e. The maximum absolute atomic E-state index is 2.48. The second kappa shape index (κ2) is 19.4. The molecule has 0 amide bonds. The van der Waals surface area contributed by atoms with Crippen LogP contribution in [0.4, 0.5) is 0 Å². The number of hydrogen-bond acceptors (Lipinski definition) is 0. The van der Waals surface area contributed by atoms with Crippen molar-refractivity contribution in [2.24, 2.45) is 23.7 Å². The summed E-state index contributed by atoms with van der Waals surface area (Å²) in [6, 6.07) is 42.1. The van der Waals surface area contributed by atoms with Gasteiger partial charge in [0.15, 0.2) is 0 Å². The van der Waals surface area contributed by atoms with E-state index in [0.717, 1.165) is 36.0 Å². The monoisotopic (exact) mass is 914 g/mol. The Hall–Kier alpha value is -2.22. The molecule has 5 fully saturated rings. The molecule has 4 heteroatoms. The van der Waals surface area contributed by atoms with Gasteiger partial charge in [-0.2, -0.15) is 12.1 Å². The molecule has 0 saturated heterocycles. The van der Waals surface area contributed by atoms with Gasteiger partial charge in [0.25, 0.3) is 0 Å². The first-order chi connectivity index (χ1) is 27.4. The third kappa shape index (κ3) is 10.4. The van der Waals surface area contributed by atoms with Crippen molar-refractivity contribution in [1.82, 2.24) is 0 Å². The molecule has 0 radical (unpaired) electrons. The Balaban J connectivity index is 0.000000177. The molecule has 0 atom stereocenters. The van der Waals surface area contributed by atoms with Gasteiger partial charge in [-0.15, -0.1) is 69.1 Å². The third-order valence-corrected chi connectivity index (χ3v) is 14.4.